The number of ether oxygens (including phenoxy) is 1. The summed E-state index contributed by atoms with van der Waals surface area (Å²) in [7, 11) is -2.81. The standard InChI is InChI=1S/C12H14F2N2O5S/c1-21-10-3-2-8(6-15-10)22(19,20)16-5-4-9(11(17)18)12(13,14)7-16/h2-3,6,9H,4-5,7H2,1H3,(H,17,18). The maximum Gasteiger partial charge on any atom is 0.312 e. The number of hydrogen-bond acceptors (Lipinski definition) is 5. The van der Waals surface area contributed by atoms with Crippen LogP contribution in [0.3, 0.4) is 0 Å². The first kappa shape index (κ1) is 16.6. The molecule has 1 saturated heterocycles. The molecule has 1 atom stereocenters. The molecule has 0 saturated carbocycles. The van der Waals surface area contributed by atoms with Crippen molar-refractivity contribution in [3.63, 3.8) is 0 Å². The number of carboxylic acid groups (broad SMARTS) is 1. The molecule has 1 unspecified atom stereocenters. The van der Waals surface area contributed by atoms with E-state index in [9.17, 15) is 22.0 Å². The third-order valence-electron chi connectivity index (χ3n) is 3.42. The molecule has 122 valence electrons. The van der Waals surface area contributed by atoms with Gasteiger partial charge in [0.05, 0.1) is 19.9 Å². The van der Waals surface area contributed by atoms with Crippen molar-refractivity contribution in [2.24, 2.45) is 5.92 Å². The molecule has 1 aromatic rings. The van der Waals surface area contributed by atoms with Gasteiger partial charge >= 0.3 is 5.97 Å². The van der Waals surface area contributed by atoms with Crippen molar-refractivity contribution < 1.29 is 31.8 Å². The van der Waals surface area contributed by atoms with E-state index in [1.165, 1.54) is 19.2 Å². The molecule has 2 rings (SSSR count). The molecule has 1 fully saturated rings. The lowest BCUT2D eigenvalue weighted by atomic mass is 9.94. The Hall–Kier alpha value is -1.81. The SMILES string of the molecule is COc1ccc(S(=O)(=O)N2CCC(C(=O)O)C(F)(F)C2)cn1. The van der Waals surface area contributed by atoms with Gasteiger partial charge in [-0.1, -0.05) is 0 Å². The second kappa shape index (κ2) is 5.76. The van der Waals surface area contributed by atoms with Gasteiger partial charge in [0, 0.05) is 12.6 Å². The normalized spacial score (nSPS) is 22.2. The number of hydrogen-bond donors (Lipinski definition) is 1. The molecule has 1 N–H and O–H groups in total. The Balaban J connectivity index is 2.25. The fourth-order valence-corrected chi connectivity index (χ4v) is 3.62. The molecule has 7 nitrogen and oxygen atoms in total. The van der Waals surface area contributed by atoms with Crippen LogP contribution < -0.4 is 4.74 Å². The van der Waals surface area contributed by atoms with Crippen molar-refractivity contribution in [3.05, 3.63) is 18.3 Å². The van der Waals surface area contributed by atoms with E-state index in [1.807, 2.05) is 0 Å². The van der Waals surface area contributed by atoms with E-state index in [-0.39, 0.29) is 17.3 Å². The van der Waals surface area contributed by atoms with Crippen LogP contribution in [-0.4, -0.2) is 54.9 Å². The molecule has 10 heteroatoms. The highest BCUT2D eigenvalue weighted by Gasteiger charge is 2.51. The third-order valence-corrected chi connectivity index (χ3v) is 5.25. The summed E-state index contributed by atoms with van der Waals surface area (Å²) < 4.78 is 57.6. The van der Waals surface area contributed by atoms with Crippen LogP contribution in [0, 0.1) is 5.92 Å². The number of halogens is 2. The van der Waals surface area contributed by atoms with Crippen LogP contribution in [0.25, 0.3) is 0 Å². The first-order valence-corrected chi connectivity index (χ1v) is 7.73. The summed E-state index contributed by atoms with van der Waals surface area (Å²) in [6.45, 7) is -1.46. The fraction of sp³-hybridized carbons (Fsp3) is 0.500. The third kappa shape index (κ3) is 3.02. The smallest absolute Gasteiger partial charge is 0.312 e. The van der Waals surface area contributed by atoms with Gasteiger partial charge < -0.3 is 9.84 Å². The number of alkyl halides is 2. The second-order valence-electron chi connectivity index (χ2n) is 4.82. The Bertz CT molecular complexity index is 663. The number of carbonyl (C=O) groups is 1. The van der Waals surface area contributed by atoms with E-state index >= 15 is 0 Å². The van der Waals surface area contributed by atoms with Crippen molar-refractivity contribution >= 4 is 16.0 Å². The molecule has 0 aromatic carbocycles. The van der Waals surface area contributed by atoms with E-state index in [0.29, 0.717) is 4.31 Å². The lowest BCUT2D eigenvalue weighted by Crippen LogP contribution is -2.52. The molecule has 0 aliphatic carbocycles. The maximum absolute atomic E-state index is 13.8. The van der Waals surface area contributed by atoms with Crippen LogP contribution in [0.5, 0.6) is 5.88 Å². The van der Waals surface area contributed by atoms with Crippen LogP contribution in [0.4, 0.5) is 8.78 Å². The maximum atomic E-state index is 13.8. The zero-order valence-electron chi connectivity index (χ0n) is 11.6. The first-order valence-electron chi connectivity index (χ1n) is 6.29. The number of aliphatic carboxylic acids is 1. The van der Waals surface area contributed by atoms with Gasteiger partial charge in [0.15, 0.2) is 0 Å². The van der Waals surface area contributed by atoms with E-state index in [4.69, 9.17) is 9.84 Å². The number of nitrogens with zero attached hydrogens (tertiary/aromatic N) is 2. The predicted molar refractivity (Wildman–Crippen MR) is 70.2 cm³/mol. The van der Waals surface area contributed by atoms with Gasteiger partial charge in [0.2, 0.25) is 15.9 Å². The van der Waals surface area contributed by atoms with Crippen molar-refractivity contribution in [3.8, 4) is 5.88 Å². The van der Waals surface area contributed by atoms with Crippen LogP contribution in [0.2, 0.25) is 0 Å². The minimum atomic E-state index is -4.16. The highest BCUT2D eigenvalue weighted by molar-refractivity contribution is 7.89. The van der Waals surface area contributed by atoms with E-state index in [2.05, 4.69) is 4.98 Å². The number of pyridine rings is 1. The lowest BCUT2D eigenvalue weighted by Gasteiger charge is -2.35. The molecule has 1 aromatic heterocycles. The van der Waals surface area contributed by atoms with Gasteiger partial charge in [0.25, 0.3) is 5.92 Å². The van der Waals surface area contributed by atoms with Crippen molar-refractivity contribution in [1.29, 1.82) is 0 Å². The molecule has 0 spiro atoms. The molecule has 22 heavy (non-hydrogen) atoms. The second-order valence-corrected chi connectivity index (χ2v) is 6.75. The molecular weight excluding hydrogens is 322 g/mol. The predicted octanol–water partition coefficient (Wildman–Crippen LogP) is 0.821. The molecule has 0 amide bonds. The quantitative estimate of drug-likeness (QED) is 0.874. The Morgan fingerprint density at radius 1 is 1.50 bits per heavy atom. The van der Waals surface area contributed by atoms with E-state index in [1.54, 1.807) is 0 Å². The Kier molecular flexibility index (Phi) is 4.34. The summed E-state index contributed by atoms with van der Waals surface area (Å²) in [5.74, 6) is -6.95. The van der Waals surface area contributed by atoms with Gasteiger partial charge in [0.1, 0.15) is 10.8 Å². The number of carboxylic acids is 1. The van der Waals surface area contributed by atoms with Crippen LogP contribution in [0.1, 0.15) is 6.42 Å². The van der Waals surface area contributed by atoms with Crippen molar-refractivity contribution in [1.82, 2.24) is 9.29 Å². The average molecular weight is 336 g/mol. The Morgan fingerprint density at radius 3 is 2.64 bits per heavy atom. The number of rotatable bonds is 4. The van der Waals surface area contributed by atoms with Crippen molar-refractivity contribution in [2.45, 2.75) is 17.2 Å². The fourth-order valence-electron chi connectivity index (χ4n) is 2.21. The van der Waals surface area contributed by atoms with E-state index in [0.717, 1.165) is 6.20 Å². The van der Waals surface area contributed by atoms with Gasteiger partial charge in [-0.05, 0) is 12.5 Å². The summed E-state index contributed by atoms with van der Waals surface area (Å²) in [5.41, 5.74) is 0. The highest BCUT2D eigenvalue weighted by Crippen LogP contribution is 2.35. The van der Waals surface area contributed by atoms with Crippen LogP contribution in [-0.2, 0) is 14.8 Å². The number of aromatic nitrogens is 1. The van der Waals surface area contributed by atoms with E-state index < -0.39 is 40.8 Å². The van der Waals surface area contributed by atoms with Crippen LogP contribution in [0.15, 0.2) is 23.2 Å². The van der Waals surface area contributed by atoms with Crippen LogP contribution >= 0.6 is 0 Å². The molecule has 0 bridgehead atoms. The van der Waals surface area contributed by atoms with Gasteiger partial charge in [-0.3, -0.25) is 4.79 Å². The summed E-state index contributed by atoms with van der Waals surface area (Å²) in [5, 5.41) is 8.77. The molecule has 2 heterocycles. The topological polar surface area (TPSA) is 96.8 Å². The zero-order chi connectivity index (χ0) is 16.5. The summed E-state index contributed by atoms with van der Waals surface area (Å²) in [6.07, 6.45) is 0.556. The number of methoxy groups -OCH3 is 1. The summed E-state index contributed by atoms with van der Waals surface area (Å²) in [6, 6.07) is 2.50. The zero-order valence-corrected chi connectivity index (χ0v) is 12.4. The van der Waals surface area contributed by atoms with Gasteiger partial charge in [-0.25, -0.2) is 22.2 Å². The lowest BCUT2D eigenvalue weighted by molar-refractivity contribution is -0.163. The average Bonchev–Trinajstić information content (AvgIpc) is 2.45. The van der Waals surface area contributed by atoms with Crippen molar-refractivity contribution in [2.75, 3.05) is 20.2 Å². The minimum Gasteiger partial charge on any atom is -0.481 e. The number of piperidine rings is 1. The number of sulfonamides is 1. The summed E-state index contributed by atoms with van der Waals surface area (Å²) in [4.78, 5) is 14.3. The van der Waals surface area contributed by atoms with Gasteiger partial charge in [-0.15, -0.1) is 0 Å². The minimum absolute atomic E-state index is 0.189. The molecule has 1 aliphatic heterocycles. The Morgan fingerprint density at radius 2 is 2.18 bits per heavy atom. The first-order chi connectivity index (χ1) is 10.2. The molecule has 0 radical (unpaired) electrons. The molecule has 1 aliphatic rings. The summed E-state index contributed by atoms with van der Waals surface area (Å²) >= 11 is 0. The highest BCUT2D eigenvalue weighted by atomic mass is 32.2. The van der Waals surface area contributed by atoms with Gasteiger partial charge in [-0.2, -0.15) is 4.31 Å². The monoisotopic (exact) mass is 336 g/mol. The largest absolute Gasteiger partial charge is 0.481 e. The molecular formula is C12H14F2N2O5S. The Labute approximate surface area is 125 Å².